The molecule has 0 bridgehead atoms. The summed E-state index contributed by atoms with van der Waals surface area (Å²) in [6.45, 7) is 0. The van der Waals surface area contributed by atoms with Gasteiger partial charge in [-0.1, -0.05) is 12.1 Å². The van der Waals surface area contributed by atoms with E-state index in [0.29, 0.717) is 10.5 Å². The monoisotopic (exact) mass is 386 g/mol. The number of fused-ring (bicyclic) bond motifs is 1. The van der Waals surface area contributed by atoms with E-state index in [2.05, 4.69) is 4.98 Å². The lowest BCUT2D eigenvalue weighted by Crippen LogP contribution is -2.70. The van der Waals surface area contributed by atoms with E-state index >= 15 is 0 Å². The third-order valence-electron chi connectivity index (χ3n) is 4.97. The van der Waals surface area contributed by atoms with Gasteiger partial charge in [-0.25, -0.2) is 9.59 Å². The highest BCUT2D eigenvalue weighted by molar-refractivity contribution is 6.23. The predicted molar refractivity (Wildman–Crippen MR) is 91.9 cm³/mol. The van der Waals surface area contributed by atoms with Crippen LogP contribution in [0.3, 0.4) is 0 Å². The molecular formula is C17H14N4O7. The molecule has 2 unspecified atom stereocenters. The molecule has 1 aromatic carbocycles. The lowest BCUT2D eigenvalue weighted by Gasteiger charge is -2.37. The second kappa shape index (κ2) is 5.55. The Kier molecular flexibility index (Phi) is 3.47. The molecule has 3 N–H and O–H groups in total. The van der Waals surface area contributed by atoms with Crippen LogP contribution in [0.25, 0.3) is 0 Å². The number of phenols is 1. The molecular weight excluding hydrogens is 372 g/mol. The number of nitrogens with zero attached hydrogens (tertiary/aromatic N) is 2. The number of carbonyl (C=O) groups is 3. The molecule has 28 heavy (non-hydrogen) atoms. The number of phenolic OH excluding ortho intramolecular Hbond substituents is 1. The third-order valence-corrected chi connectivity index (χ3v) is 4.97. The Hall–Kier alpha value is -3.89. The number of hydrogen-bond acceptors (Lipinski definition) is 7. The zero-order valence-corrected chi connectivity index (χ0v) is 14.7. The maximum atomic E-state index is 13.0. The van der Waals surface area contributed by atoms with Gasteiger partial charge in [0, 0.05) is 14.1 Å². The van der Waals surface area contributed by atoms with Crippen LogP contribution in [0.5, 0.6) is 11.6 Å². The Morgan fingerprint density at radius 1 is 1.07 bits per heavy atom. The summed E-state index contributed by atoms with van der Waals surface area (Å²) < 4.78 is 6.39. The number of benzene rings is 1. The summed E-state index contributed by atoms with van der Waals surface area (Å²) in [5.41, 5.74) is -3.67. The summed E-state index contributed by atoms with van der Waals surface area (Å²) in [6.07, 6.45) is 0. The first-order valence-electron chi connectivity index (χ1n) is 8.13. The highest BCUT2D eigenvalue weighted by Crippen LogP contribution is 2.47. The Labute approximate surface area is 156 Å². The highest BCUT2D eigenvalue weighted by Gasteiger charge is 2.66. The third kappa shape index (κ3) is 2.06. The van der Waals surface area contributed by atoms with Crippen LogP contribution < -0.4 is 21.3 Å². The smallest absolute Gasteiger partial charge is 0.330 e. The fourth-order valence-electron chi connectivity index (χ4n) is 3.50. The van der Waals surface area contributed by atoms with Crippen molar-refractivity contribution in [3.05, 3.63) is 56.2 Å². The number of rotatable bonds is 1. The molecule has 1 aromatic heterocycles. The number of aromatic amines is 1. The van der Waals surface area contributed by atoms with Gasteiger partial charge in [-0.05, 0) is 17.7 Å². The maximum absolute atomic E-state index is 13.0. The molecule has 2 atom stereocenters. The molecule has 1 saturated heterocycles. The van der Waals surface area contributed by atoms with Gasteiger partial charge in [-0.15, -0.1) is 0 Å². The van der Waals surface area contributed by atoms with Gasteiger partial charge >= 0.3 is 11.7 Å². The highest BCUT2D eigenvalue weighted by atomic mass is 16.5. The molecule has 11 heteroatoms. The van der Waals surface area contributed by atoms with E-state index in [4.69, 9.17) is 4.74 Å². The molecule has 0 radical (unpaired) electrons. The van der Waals surface area contributed by atoms with Crippen LogP contribution in [0.4, 0.5) is 4.79 Å². The van der Waals surface area contributed by atoms with E-state index < -0.39 is 40.6 Å². The number of urea groups is 1. The lowest BCUT2D eigenvalue weighted by molar-refractivity contribution is -0.157. The molecule has 1 spiro atoms. The van der Waals surface area contributed by atoms with Gasteiger partial charge in [-0.3, -0.25) is 34.2 Å². The van der Waals surface area contributed by atoms with Crippen LogP contribution in [-0.2, 0) is 16.6 Å². The van der Waals surface area contributed by atoms with Gasteiger partial charge in [0.25, 0.3) is 23.0 Å². The minimum atomic E-state index is -2.31. The van der Waals surface area contributed by atoms with Gasteiger partial charge in [-0.2, -0.15) is 0 Å². The summed E-state index contributed by atoms with van der Waals surface area (Å²) in [7, 11) is 2.39. The van der Waals surface area contributed by atoms with Gasteiger partial charge in [0.15, 0.2) is 0 Å². The molecule has 2 aliphatic rings. The van der Waals surface area contributed by atoms with Gasteiger partial charge in [0.1, 0.15) is 5.75 Å². The average molecular weight is 386 g/mol. The molecule has 2 aliphatic heterocycles. The molecule has 144 valence electrons. The summed E-state index contributed by atoms with van der Waals surface area (Å²) >= 11 is 0. The number of likely N-dealkylation sites (N-methyl/N-ethyl adjacent to an activating group) is 1. The van der Waals surface area contributed by atoms with Crippen LogP contribution in [0.15, 0.2) is 33.9 Å². The first-order valence-corrected chi connectivity index (χ1v) is 8.13. The average Bonchev–Trinajstić information content (AvgIpc) is 3.00. The molecule has 0 aliphatic carbocycles. The zero-order chi connectivity index (χ0) is 20.4. The predicted octanol–water partition coefficient (Wildman–Crippen LogP) is -1.25. The number of hydrogen-bond donors (Lipinski definition) is 3. The summed E-state index contributed by atoms with van der Waals surface area (Å²) in [5, 5.41) is 11.6. The van der Waals surface area contributed by atoms with Crippen LogP contribution in [0.1, 0.15) is 17.0 Å². The van der Waals surface area contributed by atoms with Crippen molar-refractivity contribution in [2.45, 2.75) is 11.5 Å². The number of ether oxygens (including phenoxy) is 1. The Bertz CT molecular complexity index is 1160. The van der Waals surface area contributed by atoms with Crippen LogP contribution in [0.2, 0.25) is 0 Å². The molecule has 4 amide bonds. The van der Waals surface area contributed by atoms with Crippen molar-refractivity contribution in [3.8, 4) is 11.6 Å². The van der Waals surface area contributed by atoms with Crippen molar-refractivity contribution in [2.24, 2.45) is 7.05 Å². The quantitative estimate of drug-likeness (QED) is 0.518. The van der Waals surface area contributed by atoms with Crippen LogP contribution in [-0.4, -0.2) is 50.1 Å². The number of imide groups is 2. The second-order valence-corrected chi connectivity index (χ2v) is 6.52. The lowest BCUT2D eigenvalue weighted by atomic mass is 9.77. The van der Waals surface area contributed by atoms with Gasteiger partial charge in [0.2, 0.25) is 5.88 Å². The van der Waals surface area contributed by atoms with E-state index in [1.165, 1.54) is 31.3 Å². The summed E-state index contributed by atoms with van der Waals surface area (Å²) in [5.74, 6) is -3.70. The molecule has 1 fully saturated rings. The number of aromatic nitrogens is 2. The number of amides is 4. The molecule has 0 saturated carbocycles. The fraction of sp³-hybridized carbons (Fsp3) is 0.235. The first kappa shape index (κ1) is 17.5. The van der Waals surface area contributed by atoms with Gasteiger partial charge < -0.3 is 9.84 Å². The number of H-pyrrole nitrogens is 1. The number of nitrogens with one attached hydrogen (secondary N) is 2. The van der Waals surface area contributed by atoms with Crippen molar-refractivity contribution in [1.82, 2.24) is 19.8 Å². The van der Waals surface area contributed by atoms with Crippen LogP contribution >= 0.6 is 0 Å². The van der Waals surface area contributed by atoms with Crippen molar-refractivity contribution >= 4 is 17.8 Å². The Morgan fingerprint density at radius 3 is 2.36 bits per heavy atom. The summed E-state index contributed by atoms with van der Waals surface area (Å²) in [6, 6.07) is 4.53. The van der Waals surface area contributed by atoms with Gasteiger partial charge in [0.05, 0.1) is 11.5 Å². The normalized spacial score (nSPS) is 23.6. The van der Waals surface area contributed by atoms with E-state index in [9.17, 15) is 29.1 Å². The van der Waals surface area contributed by atoms with E-state index in [0.717, 1.165) is 11.6 Å². The SMILES string of the molecule is CN1C(=O)NC(=O)C2(Oc3[nH]c(=O)n(C)c(=O)c3C2c2ccc(O)cc2)C1=O. The molecule has 2 aromatic rings. The van der Waals surface area contributed by atoms with E-state index in [1.807, 2.05) is 5.32 Å². The minimum Gasteiger partial charge on any atom is -0.508 e. The molecule has 4 rings (SSSR count). The topological polar surface area (TPSA) is 151 Å². The first-order chi connectivity index (χ1) is 13.2. The van der Waals surface area contributed by atoms with Crippen molar-refractivity contribution in [2.75, 3.05) is 7.05 Å². The molecule has 11 nitrogen and oxygen atoms in total. The molecule has 3 heterocycles. The van der Waals surface area contributed by atoms with Crippen LogP contribution in [0, 0.1) is 0 Å². The number of aromatic hydroxyl groups is 1. The fourth-order valence-corrected chi connectivity index (χ4v) is 3.50. The number of barbiturate groups is 1. The largest absolute Gasteiger partial charge is 0.508 e. The Morgan fingerprint density at radius 2 is 1.71 bits per heavy atom. The standard InChI is InChI=1S/C17H14N4O7/c1-20-12(23)9-10(7-3-5-8(22)6-4-7)17(28-11(9)18-15(20)26)13(24)19-16(27)21(2)14(17)25/h3-6,10,22H,1-2H3,(H,18,26)(H,19,24,27). The number of carbonyl (C=O) groups excluding carboxylic acids is 3. The van der Waals surface area contributed by atoms with Crippen molar-refractivity contribution in [3.63, 3.8) is 0 Å². The van der Waals surface area contributed by atoms with Crippen molar-refractivity contribution in [1.29, 1.82) is 0 Å². The van der Waals surface area contributed by atoms with E-state index in [-0.39, 0.29) is 17.2 Å². The maximum Gasteiger partial charge on any atom is 0.330 e. The Balaban J connectivity index is 2.06. The zero-order valence-electron chi connectivity index (χ0n) is 14.7. The van der Waals surface area contributed by atoms with E-state index in [1.54, 1.807) is 0 Å². The minimum absolute atomic E-state index is 0.0713. The van der Waals surface area contributed by atoms with Crippen molar-refractivity contribution < 1.29 is 24.2 Å². The second-order valence-electron chi connectivity index (χ2n) is 6.52. The summed E-state index contributed by atoms with van der Waals surface area (Å²) in [4.78, 5) is 65.5.